The molecule has 112 valence electrons. The zero-order valence-electron chi connectivity index (χ0n) is 12.7. The average molecular weight is 359 g/mol. The van der Waals surface area contributed by atoms with E-state index < -0.39 is 0 Å². The number of hydrogen-bond acceptors (Lipinski definition) is 1. The molecule has 1 saturated carbocycles. The van der Waals surface area contributed by atoms with Crippen molar-refractivity contribution in [3.63, 3.8) is 0 Å². The van der Waals surface area contributed by atoms with Crippen LogP contribution in [0.15, 0.2) is 22.7 Å². The van der Waals surface area contributed by atoms with Gasteiger partial charge in [-0.15, -0.1) is 0 Å². The molecule has 1 fully saturated rings. The minimum absolute atomic E-state index is 0.469. The van der Waals surface area contributed by atoms with Gasteiger partial charge in [-0.2, -0.15) is 0 Å². The summed E-state index contributed by atoms with van der Waals surface area (Å²) in [5, 5.41) is 4.26. The lowest BCUT2D eigenvalue weighted by Gasteiger charge is -2.41. The fourth-order valence-electron chi connectivity index (χ4n) is 3.53. The fourth-order valence-corrected chi connectivity index (χ4v) is 4.28. The van der Waals surface area contributed by atoms with Crippen molar-refractivity contribution < 1.29 is 0 Å². The molecule has 1 aliphatic rings. The molecular weight excluding hydrogens is 334 g/mol. The molecule has 1 N–H and O–H groups in total. The SMILES string of the molecule is CNCC1CCC(C)(C)CC1Cc1ccc(Br)cc1Cl. The van der Waals surface area contributed by atoms with Crippen LogP contribution in [0.2, 0.25) is 5.02 Å². The molecular formula is C17H25BrClN. The van der Waals surface area contributed by atoms with E-state index >= 15 is 0 Å². The molecule has 3 heteroatoms. The van der Waals surface area contributed by atoms with Crippen molar-refractivity contribution in [2.45, 2.75) is 39.5 Å². The molecule has 0 bridgehead atoms. The zero-order valence-corrected chi connectivity index (χ0v) is 15.0. The summed E-state index contributed by atoms with van der Waals surface area (Å²) in [5.41, 5.74) is 1.76. The third-order valence-corrected chi connectivity index (χ3v) is 5.48. The molecule has 1 aromatic carbocycles. The van der Waals surface area contributed by atoms with Crippen LogP contribution in [0.4, 0.5) is 0 Å². The summed E-state index contributed by atoms with van der Waals surface area (Å²) < 4.78 is 1.06. The molecule has 0 saturated heterocycles. The Labute approximate surface area is 136 Å². The van der Waals surface area contributed by atoms with E-state index in [0.29, 0.717) is 5.41 Å². The minimum atomic E-state index is 0.469. The van der Waals surface area contributed by atoms with Gasteiger partial charge in [0.1, 0.15) is 0 Å². The first-order valence-electron chi connectivity index (χ1n) is 7.50. The minimum Gasteiger partial charge on any atom is -0.319 e. The van der Waals surface area contributed by atoms with Crippen LogP contribution in [0, 0.1) is 17.3 Å². The molecule has 0 heterocycles. The quantitative estimate of drug-likeness (QED) is 0.769. The molecule has 0 spiro atoms. The number of hydrogen-bond donors (Lipinski definition) is 1. The highest BCUT2D eigenvalue weighted by molar-refractivity contribution is 9.10. The van der Waals surface area contributed by atoms with Gasteiger partial charge in [-0.3, -0.25) is 0 Å². The van der Waals surface area contributed by atoms with Crippen LogP contribution >= 0.6 is 27.5 Å². The van der Waals surface area contributed by atoms with E-state index in [1.165, 1.54) is 24.8 Å². The van der Waals surface area contributed by atoms with Crippen LogP contribution in [0.3, 0.4) is 0 Å². The third-order valence-electron chi connectivity index (χ3n) is 4.64. The van der Waals surface area contributed by atoms with E-state index in [-0.39, 0.29) is 0 Å². The average Bonchev–Trinajstić information content (AvgIpc) is 2.36. The Balaban J connectivity index is 2.14. The van der Waals surface area contributed by atoms with Gasteiger partial charge in [0, 0.05) is 9.50 Å². The lowest BCUT2D eigenvalue weighted by molar-refractivity contribution is 0.117. The number of halogens is 2. The van der Waals surface area contributed by atoms with Crippen LogP contribution < -0.4 is 5.32 Å². The van der Waals surface area contributed by atoms with E-state index in [9.17, 15) is 0 Å². The highest BCUT2D eigenvalue weighted by Crippen LogP contribution is 2.43. The Hall–Kier alpha value is -0.0500. The van der Waals surface area contributed by atoms with Gasteiger partial charge in [-0.25, -0.2) is 0 Å². The summed E-state index contributed by atoms with van der Waals surface area (Å²) in [5.74, 6) is 1.50. The highest BCUT2D eigenvalue weighted by atomic mass is 79.9. The monoisotopic (exact) mass is 357 g/mol. The summed E-state index contributed by atoms with van der Waals surface area (Å²) in [7, 11) is 2.06. The molecule has 0 amide bonds. The van der Waals surface area contributed by atoms with E-state index in [4.69, 9.17) is 11.6 Å². The molecule has 0 aromatic heterocycles. The maximum absolute atomic E-state index is 6.40. The van der Waals surface area contributed by atoms with E-state index in [1.54, 1.807) is 0 Å². The maximum atomic E-state index is 6.40. The van der Waals surface area contributed by atoms with Crippen molar-refractivity contribution in [3.05, 3.63) is 33.3 Å². The van der Waals surface area contributed by atoms with Gasteiger partial charge in [0.25, 0.3) is 0 Å². The lowest BCUT2D eigenvalue weighted by atomic mass is 9.65. The summed E-state index contributed by atoms with van der Waals surface area (Å²) in [6.45, 7) is 5.92. The first-order valence-corrected chi connectivity index (χ1v) is 8.67. The molecule has 1 nitrogen and oxygen atoms in total. The van der Waals surface area contributed by atoms with Crippen molar-refractivity contribution >= 4 is 27.5 Å². The predicted molar refractivity (Wildman–Crippen MR) is 91.4 cm³/mol. The van der Waals surface area contributed by atoms with Crippen molar-refractivity contribution in [1.29, 1.82) is 0 Å². The molecule has 0 radical (unpaired) electrons. The predicted octanol–water partition coefficient (Wildman–Crippen LogP) is 5.31. The molecule has 20 heavy (non-hydrogen) atoms. The number of nitrogens with one attached hydrogen (secondary N) is 1. The third kappa shape index (κ3) is 4.22. The molecule has 1 aliphatic carbocycles. The van der Waals surface area contributed by atoms with Crippen molar-refractivity contribution in [2.75, 3.05) is 13.6 Å². The summed E-state index contributed by atoms with van der Waals surface area (Å²) in [6.07, 6.45) is 5.06. The molecule has 1 aromatic rings. The van der Waals surface area contributed by atoms with Gasteiger partial charge in [0.05, 0.1) is 0 Å². The number of benzene rings is 1. The summed E-state index contributed by atoms with van der Waals surface area (Å²) in [4.78, 5) is 0. The van der Waals surface area contributed by atoms with E-state index in [0.717, 1.165) is 34.3 Å². The zero-order chi connectivity index (χ0) is 14.8. The summed E-state index contributed by atoms with van der Waals surface area (Å²) >= 11 is 9.88. The Morgan fingerprint density at radius 1 is 1.35 bits per heavy atom. The molecule has 2 rings (SSSR count). The smallest absolute Gasteiger partial charge is 0.0449 e. The molecule has 2 atom stereocenters. The van der Waals surface area contributed by atoms with Crippen LogP contribution in [-0.2, 0) is 6.42 Å². The lowest BCUT2D eigenvalue weighted by Crippen LogP contribution is -2.36. The van der Waals surface area contributed by atoms with Crippen LogP contribution in [0.25, 0.3) is 0 Å². The molecule has 2 unspecified atom stereocenters. The number of rotatable bonds is 4. The van der Waals surface area contributed by atoms with Crippen LogP contribution in [-0.4, -0.2) is 13.6 Å². The normalized spacial score (nSPS) is 25.6. The first kappa shape index (κ1) is 16.3. The van der Waals surface area contributed by atoms with Crippen LogP contribution in [0.5, 0.6) is 0 Å². The van der Waals surface area contributed by atoms with Gasteiger partial charge in [0.15, 0.2) is 0 Å². The second kappa shape index (κ2) is 6.81. The van der Waals surface area contributed by atoms with E-state index in [1.807, 2.05) is 6.07 Å². The molecule has 0 aliphatic heterocycles. The topological polar surface area (TPSA) is 12.0 Å². The van der Waals surface area contributed by atoms with Gasteiger partial charge in [0.2, 0.25) is 0 Å². The summed E-state index contributed by atoms with van der Waals surface area (Å²) in [6, 6.07) is 6.28. The first-order chi connectivity index (χ1) is 9.41. The van der Waals surface area contributed by atoms with Crippen LogP contribution in [0.1, 0.15) is 38.7 Å². The van der Waals surface area contributed by atoms with Gasteiger partial charge < -0.3 is 5.32 Å². The van der Waals surface area contributed by atoms with Gasteiger partial charge in [-0.1, -0.05) is 47.4 Å². The second-order valence-electron chi connectivity index (χ2n) is 6.92. The van der Waals surface area contributed by atoms with Crippen molar-refractivity contribution in [3.8, 4) is 0 Å². The largest absolute Gasteiger partial charge is 0.319 e. The Kier molecular flexibility index (Phi) is 5.56. The Bertz CT molecular complexity index is 458. The Morgan fingerprint density at radius 2 is 2.10 bits per heavy atom. The van der Waals surface area contributed by atoms with E-state index in [2.05, 4.69) is 54.3 Å². The maximum Gasteiger partial charge on any atom is 0.0449 e. The second-order valence-corrected chi connectivity index (χ2v) is 8.25. The fraction of sp³-hybridized carbons (Fsp3) is 0.647. The highest BCUT2D eigenvalue weighted by Gasteiger charge is 2.34. The Morgan fingerprint density at radius 3 is 2.75 bits per heavy atom. The van der Waals surface area contributed by atoms with Crippen molar-refractivity contribution in [2.24, 2.45) is 17.3 Å². The van der Waals surface area contributed by atoms with Gasteiger partial charge >= 0.3 is 0 Å². The van der Waals surface area contributed by atoms with Gasteiger partial charge in [-0.05, 0) is 74.2 Å². The standard InChI is InChI=1S/C17H25BrClN/c1-17(2)7-6-13(11-20-3)14(10-17)8-12-4-5-15(18)9-16(12)19/h4-5,9,13-14,20H,6-8,10-11H2,1-3H3. The van der Waals surface area contributed by atoms with Crippen molar-refractivity contribution in [1.82, 2.24) is 5.32 Å².